The second-order valence-electron chi connectivity index (χ2n) is 3.88. The molecule has 4 heteroatoms. The van der Waals surface area contributed by atoms with E-state index >= 15 is 0 Å². The van der Waals surface area contributed by atoms with Crippen LogP contribution in [0.15, 0.2) is 36.7 Å². The molecule has 88 valence electrons. The summed E-state index contributed by atoms with van der Waals surface area (Å²) in [4.78, 5) is 8.23. The summed E-state index contributed by atoms with van der Waals surface area (Å²) in [7, 11) is 1.84. The Kier molecular flexibility index (Phi) is 3.55. The molecule has 1 aromatic heterocycles. The lowest BCUT2D eigenvalue weighted by Gasteiger charge is -2.07. The first-order valence-electron chi connectivity index (χ1n) is 5.57. The smallest absolute Gasteiger partial charge is 0.131 e. The minimum Gasteiger partial charge on any atom is -0.373 e. The van der Waals surface area contributed by atoms with Crippen LogP contribution in [0.3, 0.4) is 0 Å². The fourth-order valence-electron chi connectivity index (χ4n) is 1.61. The molecule has 0 amide bonds. The van der Waals surface area contributed by atoms with Crippen molar-refractivity contribution in [2.24, 2.45) is 0 Å². The van der Waals surface area contributed by atoms with Crippen LogP contribution < -0.4 is 10.6 Å². The monoisotopic (exact) mass is 228 g/mol. The van der Waals surface area contributed by atoms with Gasteiger partial charge in [0.15, 0.2) is 0 Å². The normalized spacial score (nSPS) is 10.0. The van der Waals surface area contributed by atoms with Crippen molar-refractivity contribution in [1.29, 1.82) is 0 Å². The van der Waals surface area contributed by atoms with E-state index in [0.717, 1.165) is 18.2 Å². The Morgan fingerprint density at radius 3 is 2.71 bits per heavy atom. The fraction of sp³-hybridized carbons (Fsp3) is 0.231. The van der Waals surface area contributed by atoms with E-state index in [1.54, 1.807) is 6.33 Å². The van der Waals surface area contributed by atoms with Crippen molar-refractivity contribution in [3.8, 4) is 0 Å². The summed E-state index contributed by atoms with van der Waals surface area (Å²) in [6.07, 6.45) is 1.55. The lowest BCUT2D eigenvalue weighted by atomic mass is 10.1. The minimum absolute atomic E-state index is 0.766. The number of aryl methyl sites for hydroxylation is 1. The zero-order chi connectivity index (χ0) is 12.1. The first-order chi connectivity index (χ1) is 8.28. The standard InChI is InChI=1S/C13H16N4/c1-10-4-3-5-11(6-10)8-15-13-7-12(14-2)16-9-17-13/h3-7,9H,8H2,1-2H3,(H2,14,15,16,17). The molecule has 17 heavy (non-hydrogen) atoms. The van der Waals surface area contributed by atoms with Gasteiger partial charge in [-0.1, -0.05) is 29.8 Å². The maximum atomic E-state index is 4.16. The van der Waals surface area contributed by atoms with Gasteiger partial charge in [-0.25, -0.2) is 9.97 Å². The molecule has 0 aliphatic rings. The van der Waals surface area contributed by atoms with E-state index < -0.39 is 0 Å². The molecule has 1 aromatic carbocycles. The Balaban J connectivity index is 2.02. The molecule has 4 nitrogen and oxygen atoms in total. The predicted octanol–water partition coefficient (Wildman–Crippen LogP) is 2.44. The van der Waals surface area contributed by atoms with Crippen LogP contribution in [0.25, 0.3) is 0 Å². The molecule has 0 bridgehead atoms. The summed E-state index contributed by atoms with van der Waals surface area (Å²) in [6, 6.07) is 10.3. The number of hydrogen-bond acceptors (Lipinski definition) is 4. The number of nitrogens with one attached hydrogen (secondary N) is 2. The van der Waals surface area contributed by atoms with Gasteiger partial charge in [0.25, 0.3) is 0 Å². The van der Waals surface area contributed by atoms with Crippen LogP contribution in [-0.4, -0.2) is 17.0 Å². The van der Waals surface area contributed by atoms with E-state index in [4.69, 9.17) is 0 Å². The molecule has 0 saturated heterocycles. The number of rotatable bonds is 4. The Bertz CT molecular complexity index is 496. The van der Waals surface area contributed by atoms with Crippen molar-refractivity contribution in [3.63, 3.8) is 0 Å². The van der Waals surface area contributed by atoms with Crippen LogP contribution in [-0.2, 0) is 6.54 Å². The second-order valence-corrected chi connectivity index (χ2v) is 3.88. The molecule has 0 radical (unpaired) electrons. The number of anilines is 2. The molecule has 2 aromatic rings. The van der Waals surface area contributed by atoms with Gasteiger partial charge in [0, 0.05) is 19.7 Å². The molecular formula is C13H16N4. The summed E-state index contributed by atoms with van der Waals surface area (Å²) in [5.41, 5.74) is 2.51. The highest BCUT2D eigenvalue weighted by Crippen LogP contribution is 2.10. The molecule has 0 atom stereocenters. The molecule has 1 heterocycles. The summed E-state index contributed by atoms with van der Waals surface area (Å²) in [6.45, 7) is 2.86. The molecule has 0 aliphatic heterocycles. The van der Waals surface area contributed by atoms with E-state index in [1.165, 1.54) is 11.1 Å². The van der Waals surface area contributed by atoms with Crippen LogP contribution in [0.4, 0.5) is 11.6 Å². The second kappa shape index (κ2) is 5.30. The van der Waals surface area contributed by atoms with Crippen LogP contribution in [0.2, 0.25) is 0 Å². The summed E-state index contributed by atoms with van der Waals surface area (Å²) in [5.74, 6) is 1.64. The molecule has 0 saturated carbocycles. The maximum Gasteiger partial charge on any atom is 0.131 e. The van der Waals surface area contributed by atoms with Gasteiger partial charge < -0.3 is 10.6 Å². The van der Waals surface area contributed by atoms with Crippen LogP contribution in [0.1, 0.15) is 11.1 Å². The van der Waals surface area contributed by atoms with Gasteiger partial charge in [0.2, 0.25) is 0 Å². The van der Waals surface area contributed by atoms with Crippen molar-refractivity contribution in [1.82, 2.24) is 9.97 Å². The zero-order valence-electron chi connectivity index (χ0n) is 10.1. The van der Waals surface area contributed by atoms with Gasteiger partial charge in [-0.3, -0.25) is 0 Å². The maximum absolute atomic E-state index is 4.16. The highest BCUT2D eigenvalue weighted by molar-refractivity contribution is 5.46. The zero-order valence-corrected chi connectivity index (χ0v) is 10.1. The van der Waals surface area contributed by atoms with Crippen molar-refractivity contribution in [3.05, 3.63) is 47.8 Å². The third-order valence-electron chi connectivity index (χ3n) is 2.48. The fourth-order valence-corrected chi connectivity index (χ4v) is 1.61. The highest BCUT2D eigenvalue weighted by atomic mass is 15.0. The number of benzene rings is 1. The number of nitrogens with zero attached hydrogens (tertiary/aromatic N) is 2. The lowest BCUT2D eigenvalue weighted by molar-refractivity contribution is 1.08. The van der Waals surface area contributed by atoms with E-state index in [0.29, 0.717) is 0 Å². The lowest BCUT2D eigenvalue weighted by Crippen LogP contribution is -2.03. The molecule has 0 unspecified atom stereocenters. The first kappa shape index (κ1) is 11.4. The summed E-state index contributed by atoms with van der Waals surface area (Å²) < 4.78 is 0. The van der Waals surface area contributed by atoms with Gasteiger partial charge in [0.1, 0.15) is 18.0 Å². The van der Waals surface area contributed by atoms with E-state index in [1.807, 2.05) is 13.1 Å². The van der Waals surface area contributed by atoms with E-state index in [2.05, 4.69) is 51.8 Å². The quantitative estimate of drug-likeness (QED) is 0.844. The van der Waals surface area contributed by atoms with Crippen LogP contribution in [0, 0.1) is 6.92 Å². The average Bonchev–Trinajstić information content (AvgIpc) is 2.37. The predicted molar refractivity (Wildman–Crippen MR) is 70.1 cm³/mol. The summed E-state index contributed by atoms with van der Waals surface area (Å²) >= 11 is 0. The third kappa shape index (κ3) is 3.17. The topological polar surface area (TPSA) is 49.8 Å². The molecule has 0 fully saturated rings. The highest BCUT2D eigenvalue weighted by Gasteiger charge is 1.97. The average molecular weight is 228 g/mol. The largest absolute Gasteiger partial charge is 0.373 e. The molecule has 2 rings (SSSR count). The SMILES string of the molecule is CNc1cc(NCc2cccc(C)c2)ncn1. The Labute approximate surface area is 101 Å². The first-order valence-corrected chi connectivity index (χ1v) is 5.57. The number of hydrogen-bond donors (Lipinski definition) is 2. The number of aromatic nitrogens is 2. The van der Waals surface area contributed by atoms with E-state index in [9.17, 15) is 0 Å². The molecule has 0 spiro atoms. The van der Waals surface area contributed by atoms with Gasteiger partial charge in [-0.15, -0.1) is 0 Å². The van der Waals surface area contributed by atoms with Crippen molar-refractivity contribution >= 4 is 11.6 Å². The van der Waals surface area contributed by atoms with Crippen molar-refractivity contribution in [2.45, 2.75) is 13.5 Å². The third-order valence-corrected chi connectivity index (χ3v) is 2.48. The minimum atomic E-state index is 0.766. The van der Waals surface area contributed by atoms with Gasteiger partial charge in [0.05, 0.1) is 0 Å². The molecular weight excluding hydrogens is 212 g/mol. The summed E-state index contributed by atoms with van der Waals surface area (Å²) in [5, 5.41) is 6.26. The molecule has 0 aliphatic carbocycles. The van der Waals surface area contributed by atoms with Crippen LogP contribution >= 0.6 is 0 Å². The van der Waals surface area contributed by atoms with Crippen molar-refractivity contribution in [2.75, 3.05) is 17.7 Å². The Morgan fingerprint density at radius 1 is 1.12 bits per heavy atom. The van der Waals surface area contributed by atoms with E-state index in [-0.39, 0.29) is 0 Å². The van der Waals surface area contributed by atoms with Crippen LogP contribution in [0.5, 0.6) is 0 Å². The van der Waals surface area contributed by atoms with Gasteiger partial charge >= 0.3 is 0 Å². The van der Waals surface area contributed by atoms with Gasteiger partial charge in [-0.05, 0) is 12.5 Å². The Morgan fingerprint density at radius 2 is 1.94 bits per heavy atom. The molecule has 2 N–H and O–H groups in total. The Hall–Kier alpha value is -2.10. The van der Waals surface area contributed by atoms with Gasteiger partial charge in [-0.2, -0.15) is 0 Å². The van der Waals surface area contributed by atoms with Crippen molar-refractivity contribution < 1.29 is 0 Å².